The summed E-state index contributed by atoms with van der Waals surface area (Å²) >= 11 is 0. The molecule has 0 bridgehead atoms. The van der Waals surface area contributed by atoms with Crippen molar-refractivity contribution in [1.29, 1.82) is 0 Å². The second kappa shape index (κ2) is 13.9. The van der Waals surface area contributed by atoms with Crippen molar-refractivity contribution in [2.75, 3.05) is 19.7 Å². The lowest BCUT2D eigenvalue weighted by Gasteiger charge is -2.29. The van der Waals surface area contributed by atoms with Crippen LogP contribution in [0.15, 0.2) is 48.5 Å². The molecule has 0 radical (unpaired) electrons. The highest BCUT2D eigenvalue weighted by Gasteiger charge is 2.40. The minimum Gasteiger partial charge on any atom is -0.481 e. The number of carboxylic acids is 2. The second-order valence-corrected chi connectivity index (χ2v) is 10.5. The molecular weight excluding hydrogens is 544 g/mol. The van der Waals surface area contributed by atoms with Crippen LogP contribution in [0.5, 0.6) is 0 Å². The Balaban J connectivity index is 1.40. The summed E-state index contributed by atoms with van der Waals surface area (Å²) in [5.74, 6) is -4.14. The molecule has 2 aromatic carbocycles. The maximum atomic E-state index is 13.4. The van der Waals surface area contributed by atoms with Crippen LogP contribution >= 0.6 is 0 Å². The maximum absolute atomic E-state index is 13.4. The van der Waals surface area contributed by atoms with Gasteiger partial charge < -0.3 is 36.2 Å². The summed E-state index contributed by atoms with van der Waals surface area (Å²) < 4.78 is 5.50. The molecule has 6 N–H and O–H groups in total. The molecule has 3 amide bonds. The first-order valence-corrected chi connectivity index (χ1v) is 14.1. The molecule has 0 unspecified atom stereocenters. The maximum Gasteiger partial charge on any atom is 0.407 e. The van der Waals surface area contributed by atoms with E-state index < -0.39 is 54.4 Å². The molecule has 4 rings (SSSR count). The summed E-state index contributed by atoms with van der Waals surface area (Å²) in [7, 11) is 0. The van der Waals surface area contributed by atoms with Crippen molar-refractivity contribution in [3.8, 4) is 11.1 Å². The van der Waals surface area contributed by atoms with E-state index in [4.69, 9.17) is 10.5 Å². The summed E-state index contributed by atoms with van der Waals surface area (Å²) in [5, 5.41) is 23.8. The lowest BCUT2D eigenvalue weighted by atomic mass is 9.98. The highest BCUT2D eigenvalue weighted by Crippen LogP contribution is 2.44. The largest absolute Gasteiger partial charge is 0.481 e. The molecule has 1 aliphatic carbocycles. The van der Waals surface area contributed by atoms with E-state index in [0.717, 1.165) is 22.3 Å². The molecule has 2 aromatic rings. The van der Waals surface area contributed by atoms with Gasteiger partial charge in [0.1, 0.15) is 24.7 Å². The number of carbonyl (C=O) groups is 5. The smallest absolute Gasteiger partial charge is 0.407 e. The predicted octanol–water partition coefficient (Wildman–Crippen LogP) is 2.06. The van der Waals surface area contributed by atoms with Crippen LogP contribution < -0.4 is 16.4 Å². The molecule has 0 saturated carbocycles. The van der Waals surface area contributed by atoms with Crippen molar-refractivity contribution in [2.45, 2.75) is 62.6 Å². The van der Waals surface area contributed by atoms with Gasteiger partial charge in [-0.1, -0.05) is 48.5 Å². The number of benzene rings is 2. The quantitative estimate of drug-likeness (QED) is 0.221. The Morgan fingerprint density at radius 1 is 0.929 bits per heavy atom. The number of carbonyl (C=O) groups excluding carboxylic acids is 3. The molecule has 1 saturated heterocycles. The van der Waals surface area contributed by atoms with Gasteiger partial charge in [-0.05, 0) is 60.9 Å². The number of rotatable bonds is 13. The van der Waals surface area contributed by atoms with Gasteiger partial charge in [0, 0.05) is 12.5 Å². The highest BCUT2D eigenvalue weighted by molar-refractivity contribution is 5.94. The van der Waals surface area contributed by atoms with Gasteiger partial charge in [0.05, 0.1) is 6.42 Å². The van der Waals surface area contributed by atoms with Crippen LogP contribution in [0.4, 0.5) is 4.79 Å². The average molecular weight is 581 g/mol. The molecule has 224 valence electrons. The SMILES string of the molecule is NCCCC[C@H](NC(=O)[C@@H]1CCCN1C(=O)[C@H](CC(=O)O)NC(=O)OCC1c2ccccc2-c2ccccc21)C(=O)O. The van der Waals surface area contributed by atoms with Gasteiger partial charge in [-0.25, -0.2) is 9.59 Å². The zero-order chi connectivity index (χ0) is 30.2. The fourth-order valence-electron chi connectivity index (χ4n) is 5.68. The van der Waals surface area contributed by atoms with Crippen LogP contribution in [0.3, 0.4) is 0 Å². The van der Waals surface area contributed by atoms with Crippen LogP contribution in [-0.2, 0) is 23.9 Å². The molecular formula is C30H36N4O8. The summed E-state index contributed by atoms with van der Waals surface area (Å²) in [6, 6.07) is 12.0. The number of hydrogen-bond donors (Lipinski definition) is 5. The molecule has 1 fully saturated rings. The van der Waals surface area contributed by atoms with Gasteiger partial charge in [0.25, 0.3) is 0 Å². The van der Waals surface area contributed by atoms with E-state index in [1.54, 1.807) is 0 Å². The Morgan fingerprint density at radius 2 is 1.57 bits per heavy atom. The number of likely N-dealkylation sites (tertiary alicyclic amines) is 1. The number of amides is 3. The molecule has 0 aromatic heterocycles. The Bertz CT molecular complexity index is 1290. The molecule has 12 nitrogen and oxygen atoms in total. The third-order valence-electron chi connectivity index (χ3n) is 7.71. The average Bonchev–Trinajstić information content (AvgIpc) is 3.58. The van der Waals surface area contributed by atoms with Crippen LogP contribution in [0.25, 0.3) is 11.1 Å². The lowest BCUT2D eigenvalue weighted by Crippen LogP contribution is -2.55. The number of alkyl carbamates (subject to hydrolysis) is 1. The number of carboxylic acid groups (broad SMARTS) is 2. The topological polar surface area (TPSA) is 188 Å². The van der Waals surface area contributed by atoms with Crippen molar-refractivity contribution >= 4 is 29.8 Å². The molecule has 1 aliphatic heterocycles. The van der Waals surface area contributed by atoms with E-state index in [0.29, 0.717) is 25.8 Å². The predicted molar refractivity (Wildman–Crippen MR) is 151 cm³/mol. The van der Waals surface area contributed by atoms with E-state index in [9.17, 15) is 34.2 Å². The molecule has 2 aliphatic rings. The number of nitrogens with two attached hydrogens (primary N) is 1. The van der Waals surface area contributed by atoms with Gasteiger partial charge in [-0.2, -0.15) is 0 Å². The Labute approximate surface area is 243 Å². The van der Waals surface area contributed by atoms with Crippen molar-refractivity contribution in [3.05, 3.63) is 59.7 Å². The van der Waals surface area contributed by atoms with Crippen LogP contribution in [-0.4, -0.2) is 82.8 Å². The standard InChI is InChI=1S/C30H36N4O8/c31-14-6-5-12-23(29(39)40)32-27(37)25-13-7-15-34(25)28(38)24(16-26(35)36)33-30(41)42-17-22-20-10-3-1-8-18(20)19-9-2-4-11-21(19)22/h1-4,8-11,22-25H,5-7,12-17,31H2,(H,32,37)(H,33,41)(H,35,36)(H,39,40)/t23-,24-,25-/m0/s1. The van der Waals surface area contributed by atoms with E-state index >= 15 is 0 Å². The van der Waals surface area contributed by atoms with E-state index in [2.05, 4.69) is 10.6 Å². The van der Waals surface area contributed by atoms with Crippen LogP contribution in [0.2, 0.25) is 0 Å². The number of ether oxygens (including phenoxy) is 1. The monoisotopic (exact) mass is 580 g/mol. The zero-order valence-electron chi connectivity index (χ0n) is 23.2. The van der Waals surface area contributed by atoms with Crippen LogP contribution in [0, 0.1) is 0 Å². The van der Waals surface area contributed by atoms with Crippen molar-refractivity contribution in [3.63, 3.8) is 0 Å². The number of fused-ring (bicyclic) bond motifs is 3. The Morgan fingerprint density at radius 3 is 2.17 bits per heavy atom. The fourth-order valence-corrected chi connectivity index (χ4v) is 5.68. The molecule has 1 heterocycles. The molecule has 42 heavy (non-hydrogen) atoms. The first-order valence-electron chi connectivity index (χ1n) is 14.1. The zero-order valence-corrected chi connectivity index (χ0v) is 23.2. The summed E-state index contributed by atoms with van der Waals surface area (Å²) in [5.41, 5.74) is 9.56. The highest BCUT2D eigenvalue weighted by atomic mass is 16.5. The Hall–Kier alpha value is -4.45. The summed E-state index contributed by atoms with van der Waals surface area (Å²) in [6.07, 6.45) is 0.353. The number of nitrogens with one attached hydrogen (secondary N) is 2. The fraction of sp³-hybridized carbons (Fsp3) is 0.433. The number of hydrogen-bond acceptors (Lipinski definition) is 7. The van der Waals surface area contributed by atoms with Gasteiger partial charge in [-0.15, -0.1) is 0 Å². The summed E-state index contributed by atoms with van der Waals surface area (Å²) in [4.78, 5) is 63.7. The molecule has 12 heteroatoms. The molecule has 3 atom stereocenters. The van der Waals surface area contributed by atoms with E-state index in [-0.39, 0.29) is 31.9 Å². The number of aliphatic carboxylic acids is 2. The van der Waals surface area contributed by atoms with Crippen LogP contribution in [0.1, 0.15) is 55.6 Å². The first kappa shape index (κ1) is 30.5. The van der Waals surface area contributed by atoms with Gasteiger partial charge in [0.2, 0.25) is 11.8 Å². The normalized spacial score (nSPS) is 17.1. The third kappa shape index (κ3) is 7.06. The number of nitrogens with zero attached hydrogens (tertiary/aromatic N) is 1. The summed E-state index contributed by atoms with van der Waals surface area (Å²) in [6.45, 7) is 0.528. The Kier molecular flexibility index (Phi) is 10.1. The number of unbranched alkanes of at least 4 members (excludes halogenated alkanes) is 1. The van der Waals surface area contributed by atoms with E-state index in [1.807, 2.05) is 48.5 Å². The van der Waals surface area contributed by atoms with Gasteiger partial charge in [0.15, 0.2) is 0 Å². The second-order valence-electron chi connectivity index (χ2n) is 10.5. The van der Waals surface area contributed by atoms with Crippen molar-refractivity contribution < 1.29 is 38.9 Å². The third-order valence-corrected chi connectivity index (χ3v) is 7.71. The minimum absolute atomic E-state index is 0.0245. The minimum atomic E-state index is -1.48. The van der Waals surface area contributed by atoms with Crippen molar-refractivity contribution in [2.24, 2.45) is 5.73 Å². The van der Waals surface area contributed by atoms with Crippen molar-refractivity contribution in [1.82, 2.24) is 15.5 Å². The lowest BCUT2D eigenvalue weighted by molar-refractivity contribution is -0.146. The van der Waals surface area contributed by atoms with Gasteiger partial charge in [-0.3, -0.25) is 14.4 Å². The van der Waals surface area contributed by atoms with Gasteiger partial charge >= 0.3 is 18.0 Å². The van der Waals surface area contributed by atoms with E-state index in [1.165, 1.54) is 4.90 Å². The molecule has 0 spiro atoms. The first-order chi connectivity index (χ1) is 20.2.